The summed E-state index contributed by atoms with van der Waals surface area (Å²) in [6.07, 6.45) is 3.06. The van der Waals surface area contributed by atoms with Crippen LogP contribution in [0.2, 0.25) is 0 Å². The second-order valence-corrected chi connectivity index (χ2v) is 6.78. The van der Waals surface area contributed by atoms with Crippen LogP contribution in [-0.4, -0.2) is 19.6 Å². The van der Waals surface area contributed by atoms with Crippen molar-refractivity contribution >= 4 is 22.6 Å². The molecule has 0 atom stereocenters. The molecule has 7 heteroatoms. The lowest BCUT2D eigenvalue weighted by Crippen LogP contribution is -2.15. The minimum atomic E-state index is -0.407. The fourth-order valence-electron chi connectivity index (χ4n) is 2.64. The molecule has 0 saturated heterocycles. The average Bonchev–Trinajstić information content (AvgIpc) is 3.13. The molecule has 0 saturated carbocycles. The number of hydrogen-bond donors (Lipinski definition) is 0. The molecular weight excluding hydrogens is 446 g/mol. The van der Waals surface area contributed by atoms with Crippen molar-refractivity contribution in [3.63, 3.8) is 0 Å². The molecular formula is C19H12FIN4O. The summed E-state index contributed by atoms with van der Waals surface area (Å²) < 4.78 is 18.1. The molecule has 0 aliphatic carbocycles. The van der Waals surface area contributed by atoms with Gasteiger partial charge in [0, 0.05) is 15.8 Å². The van der Waals surface area contributed by atoms with Gasteiger partial charge in [0.1, 0.15) is 11.5 Å². The summed E-state index contributed by atoms with van der Waals surface area (Å²) in [6, 6.07) is 17.4. The van der Waals surface area contributed by atoms with E-state index in [1.165, 1.54) is 23.0 Å². The predicted octanol–water partition coefficient (Wildman–Crippen LogP) is 3.83. The van der Waals surface area contributed by atoms with Crippen molar-refractivity contribution in [1.29, 1.82) is 0 Å². The second-order valence-electron chi connectivity index (χ2n) is 5.53. The number of halogens is 2. The van der Waals surface area contributed by atoms with Gasteiger partial charge in [-0.1, -0.05) is 18.2 Å². The highest BCUT2D eigenvalue weighted by molar-refractivity contribution is 14.1. The van der Waals surface area contributed by atoms with Crippen molar-refractivity contribution in [2.45, 2.75) is 0 Å². The van der Waals surface area contributed by atoms with Crippen LogP contribution in [0, 0.1) is 9.39 Å². The van der Waals surface area contributed by atoms with E-state index in [-0.39, 0.29) is 16.8 Å². The van der Waals surface area contributed by atoms with Crippen molar-refractivity contribution in [3.8, 4) is 22.8 Å². The molecule has 26 heavy (non-hydrogen) atoms. The normalized spacial score (nSPS) is 10.8. The topological polar surface area (TPSA) is 52.7 Å². The Bertz CT molecular complexity index is 1140. The van der Waals surface area contributed by atoms with Gasteiger partial charge < -0.3 is 0 Å². The largest absolute Gasteiger partial charge is 0.287 e. The molecule has 0 N–H and O–H groups in total. The predicted molar refractivity (Wildman–Crippen MR) is 105 cm³/mol. The highest BCUT2D eigenvalue weighted by Gasteiger charge is 2.14. The first-order chi connectivity index (χ1) is 12.6. The molecule has 0 spiro atoms. The summed E-state index contributed by atoms with van der Waals surface area (Å²) >= 11 is 2.04. The van der Waals surface area contributed by atoms with Gasteiger partial charge in [0.25, 0.3) is 0 Å². The highest BCUT2D eigenvalue weighted by Crippen LogP contribution is 2.20. The van der Waals surface area contributed by atoms with Gasteiger partial charge in [0.05, 0.1) is 17.6 Å². The van der Waals surface area contributed by atoms with Gasteiger partial charge in [-0.05, 0) is 59.0 Å². The van der Waals surface area contributed by atoms with Crippen molar-refractivity contribution in [2.24, 2.45) is 0 Å². The van der Waals surface area contributed by atoms with Crippen molar-refractivity contribution in [1.82, 2.24) is 19.6 Å². The van der Waals surface area contributed by atoms with Crippen molar-refractivity contribution in [2.75, 3.05) is 0 Å². The van der Waals surface area contributed by atoms with Crippen LogP contribution in [0.4, 0.5) is 4.39 Å². The van der Waals surface area contributed by atoms with Crippen LogP contribution in [-0.2, 0) is 0 Å². The molecule has 0 unspecified atom stereocenters. The Morgan fingerprint density at radius 3 is 2.58 bits per heavy atom. The third kappa shape index (κ3) is 3.05. The summed E-state index contributed by atoms with van der Waals surface area (Å²) in [7, 11) is 0. The van der Waals surface area contributed by atoms with E-state index >= 15 is 0 Å². The van der Waals surface area contributed by atoms with Gasteiger partial charge in [0.2, 0.25) is 5.43 Å². The molecule has 2 aromatic carbocycles. The Balaban J connectivity index is 1.87. The van der Waals surface area contributed by atoms with Crippen LogP contribution in [0.25, 0.3) is 22.8 Å². The molecule has 0 bridgehead atoms. The summed E-state index contributed by atoms with van der Waals surface area (Å²) in [6.45, 7) is 0. The minimum absolute atomic E-state index is 0.201. The summed E-state index contributed by atoms with van der Waals surface area (Å²) in [5, 5.41) is 8.65. The molecule has 128 valence electrons. The number of aromatic nitrogens is 4. The van der Waals surface area contributed by atoms with Crippen LogP contribution in [0.3, 0.4) is 0 Å². The second kappa shape index (κ2) is 6.83. The van der Waals surface area contributed by atoms with Gasteiger partial charge in [0.15, 0.2) is 5.69 Å². The minimum Gasteiger partial charge on any atom is -0.287 e. The van der Waals surface area contributed by atoms with Gasteiger partial charge in [-0.25, -0.2) is 13.8 Å². The zero-order valence-corrected chi connectivity index (χ0v) is 15.5. The molecule has 2 aromatic heterocycles. The molecule has 0 aliphatic heterocycles. The quantitative estimate of drug-likeness (QED) is 0.439. The average molecular weight is 458 g/mol. The molecule has 5 nitrogen and oxygen atoms in total. The van der Waals surface area contributed by atoms with E-state index in [2.05, 4.69) is 10.2 Å². The van der Waals surface area contributed by atoms with Gasteiger partial charge in [-0.3, -0.25) is 4.79 Å². The number of hydrogen-bond acceptors (Lipinski definition) is 3. The lowest BCUT2D eigenvalue weighted by molar-refractivity contribution is 0.607. The smallest absolute Gasteiger partial charge is 0.209 e. The Kier molecular flexibility index (Phi) is 4.37. The molecule has 0 fully saturated rings. The van der Waals surface area contributed by atoms with Crippen LogP contribution in [0.5, 0.6) is 0 Å². The number of rotatable bonds is 3. The van der Waals surface area contributed by atoms with Gasteiger partial charge >= 0.3 is 0 Å². The molecule has 4 aromatic rings. The van der Waals surface area contributed by atoms with Gasteiger partial charge in [-0.15, -0.1) is 0 Å². The van der Waals surface area contributed by atoms with Crippen LogP contribution < -0.4 is 5.43 Å². The van der Waals surface area contributed by atoms with Crippen LogP contribution in [0.15, 0.2) is 77.9 Å². The molecule has 4 rings (SSSR count). The lowest BCUT2D eigenvalue weighted by atomic mass is 10.2. The summed E-state index contributed by atoms with van der Waals surface area (Å²) in [5.41, 5.74) is 1.57. The van der Waals surface area contributed by atoms with Crippen LogP contribution in [0.1, 0.15) is 0 Å². The highest BCUT2D eigenvalue weighted by atomic mass is 127. The third-order valence-corrected chi connectivity index (χ3v) is 4.52. The molecule has 0 aliphatic rings. The lowest BCUT2D eigenvalue weighted by Gasteiger charge is -2.10. The summed E-state index contributed by atoms with van der Waals surface area (Å²) in [5.74, 6) is -0.407. The molecule has 0 radical (unpaired) electrons. The van der Waals surface area contributed by atoms with Crippen molar-refractivity contribution in [3.05, 3.63) is 92.7 Å². The third-order valence-electron chi connectivity index (χ3n) is 3.85. The van der Waals surface area contributed by atoms with E-state index in [9.17, 15) is 9.18 Å². The zero-order valence-electron chi connectivity index (χ0n) is 13.4. The maximum Gasteiger partial charge on any atom is 0.209 e. The standard InChI is InChI=1S/C19H12FIN4O/c20-15-12-13(21)6-7-16(15)24-11-9-18(26)19(23-24)17-8-10-22-25(17)14-4-2-1-3-5-14/h1-12H. The van der Waals surface area contributed by atoms with Gasteiger partial charge in [-0.2, -0.15) is 10.2 Å². The number of benzene rings is 2. The van der Waals surface area contributed by atoms with Crippen molar-refractivity contribution < 1.29 is 4.39 Å². The van der Waals surface area contributed by atoms with E-state index in [1.807, 2.05) is 52.9 Å². The SMILES string of the molecule is O=c1ccn(-c2ccc(I)cc2F)nc1-c1ccnn1-c1ccccc1. The Morgan fingerprint density at radius 2 is 1.81 bits per heavy atom. The fraction of sp³-hybridized carbons (Fsp3) is 0. The zero-order chi connectivity index (χ0) is 18.1. The summed E-state index contributed by atoms with van der Waals surface area (Å²) in [4.78, 5) is 12.4. The number of nitrogens with zero attached hydrogens (tertiary/aromatic N) is 4. The first-order valence-electron chi connectivity index (χ1n) is 7.79. The van der Waals surface area contributed by atoms with E-state index in [4.69, 9.17) is 0 Å². The molecule has 0 amide bonds. The van der Waals surface area contributed by atoms with E-state index in [0.717, 1.165) is 9.26 Å². The van der Waals surface area contributed by atoms with E-state index in [0.29, 0.717) is 5.69 Å². The first-order valence-corrected chi connectivity index (χ1v) is 8.86. The maximum atomic E-state index is 14.3. The van der Waals surface area contributed by atoms with E-state index in [1.54, 1.807) is 29.1 Å². The number of para-hydroxylation sites is 1. The monoisotopic (exact) mass is 458 g/mol. The molecule has 2 heterocycles. The van der Waals surface area contributed by atoms with Crippen LogP contribution >= 0.6 is 22.6 Å². The van der Waals surface area contributed by atoms with E-state index < -0.39 is 5.82 Å². The Morgan fingerprint density at radius 1 is 1.00 bits per heavy atom. The maximum absolute atomic E-state index is 14.3. The Labute approximate surface area is 161 Å². The fourth-order valence-corrected chi connectivity index (χ4v) is 3.10. The first kappa shape index (κ1) is 16.6. The Hall–Kier alpha value is -2.81.